The van der Waals surface area contributed by atoms with Gasteiger partial charge in [0, 0.05) is 37.1 Å². The number of hydrogen-bond donors (Lipinski definition) is 2. The van der Waals surface area contributed by atoms with Gasteiger partial charge in [-0.2, -0.15) is 0 Å². The minimum atomic E-state index is -3.27. The van der Waals surface area contributed by atoms with Crippen LogP contribution in [0.3, 0.4) is 0 Å². The Hall–Kier alpha value is -1.19. The minimum Gasteiger partial charge on any atom is -0.337 e. The molecule has 2 rings (SSSR count). The number of aromatic nitrogens is 1. The molecule has 0 aliphatic carbocycles. The number of likely N-dealkylation sites (tertiary alicyclic amines) is 1. The van der Waals surface area contributed by atoms with Crippen LogP contribution in [-0.4, -0.2) is 56.8 Å². The number of nitrogens with one attached hydrogen (secondary N) is 2. The number of amides is 2. The molecule has 1 aromatic rings. The highest BCUT2D eigenvalue weighted by Gasteiger charge is 2.25. The second-order valence-corrected chi connectivity index (χ2v) is 7.86. The molecule has 7 nitrogen and oxygen atoms in total. The smallest absolute Gasteiger partial charge is 0.317 e. The summed E-state index contributed by atoms with van der Waals surface area (Å²) in [6.45, 7) is 1.47. The lowest BCUT2D eigenvalue weighted by Crippen LogP contribution is -2.45. The Bertz CT molecular complexity index is 551. The normalized spacial score (nSPS) is 16.9. The van der Waals surface area contributed by atoms with Gasteiger partial charge in [-0.05, 0) is 19.9 Å². The summed E-state index contributed by atoms with van der Waals surface area (Å²) >= 11 is 1.65. The third-order valence-corrected chi connectivity index (χ3v) is 5.84. The van der Waals surface area contributed by atoms with Crippen LogP contribution < -0.4 is 10.0 Å². The fraction of sp³-hybridized carbons (Fsp3) is 0.667. The quantitative estimate of drug-likeness (QED) is 0.825. The number of urea groups is 1. The summed E-state index contributed by atoms with van der Waals surface area (Å²) < 4.78 is 24.7. The minimum absolute atomic E-state index is 0.106. The van der Waals surface area contributed by atoms with Gasteiger partial charge in [0.05, 0.1) is 10.8 Å². The van der Waals surface area contributed by atoms with Gasteiger partial charge < -0.3 is 10.2 Å². The lowest BCUT2D eigenvalue weighted by atomic mass is 9.98. The van der Waals surface area contributed by atoms with Crippen LogP contribution >= 0.6 is 11.3 Å². The summed E-state index contributed by atoms with van der Waals surface area (Å²) in [4.78, 5) is 18.0. The van der Waals surface area contributed by atoms with E-state index in [2.05, 4.69) is 15.0 Å². The van der Waals surface area contributed by atoms with Crippen LogP contribution in [0.1, 0.15) is 23.8 Å². The van der Waals surface area contributed by atoms with Crippen molar-refractivity contribution in [3.8, 4) is 0 Å². The van der Waals surface area contributed by atoms with E-state index >= 15 is 0 Å². The van der Waals surface area contributed by atoms with Crippen LogP contribution in [0, 0.1) is 0 Å². The molecule has 0 aromatic carbocycles. The van der Waals surface area contributed by atoms with Crippen molar-refractivity contribution < 1.29 is 13.2 Å². The number of carbonyl (C=O) groups excluding carboxylic acids is 1. The average molecular weight is 332 g/mol. The summed E-state index contributed by atoms with van der Waals surface area (Å²) in [6.07, 6.45) is 3.60. The summed E-state index contributed by atoms with van der Waals surface area (Å²) in [5, 5.41) is 5.75. The molecular weight excluding hydrogens is 312 g/mol. The second-order valence-electron chi connectivity index (χ2n) is 4.89. The molecule has 21 heavy (non-hydrogen) atoms. The Morgan fingerprint density at radius 1 is 1.48 bits per heavy atom. The van der Waals surface area contributed by atoms with Crippen LogP contribution in [0.2, 0.25) is 0 Å². The highest BCUT2D eigenvalue weighted by atomic mass is 32.2. The van der Waals surface area contributed by atoms with E-state index in [0.29, 0.717) is 19.0 Å². The predicted octanol–water partition coefficient (Wildman–Crippen LogP) is 0.581. The van der Waals surface area contributed by atoms with Crippen molar-refractivity contribution in [2.24, 2.45) is 0 Å². The molecule has 0 atom stereocenters. The summed E-state index contributed by atoms with van der Waals surface area (Å²) in [5.41, 5.74) is 0. The van der Waals surface area contributed by atoms with E-state index in [0.717, 1.165) is 17.8 Å². The highest BCUT2D eigenvalue weighted by molar-refractivity contribution is 7.89. The lowest BCUT2D eigenvalue weighted by Gasteiger charge is -2.31. The third-order valence-electron chi connectivity index (χ3n) is 3.54. The molecule has 1 saturated heterocycles. The van der Waals surface area contributed by atoms with Crippen LogP contribution in [0.5, 0.6) is 0 Å². The van der Waals surface area contributed by atoms with Gasteiger partial charge in [-0.3, -0.25) is 0 Å². The van der Waals surface area contributed by atoms with E-state index in [1.54, 1.807) is 22.4 Å². The number of hydrogen-bond acceptors (Lipinski definition) is 5. The van der Waals surface area contributed by atoms with Gasteiger partial charge in [-0.25, -0.2) is 22.9 Å². The molecule has 1 aliphatic heterocycles. The Kier molecular flexibility index (Phi) is 5.54. The zero-order valence-corrected chi connectivity index (χ0v) is 13.5. The first kappa shape index (κ1) is 16.2. The topological polar surface area (TPSA) is 91.4 Å². The molecule has 1 aliphatic rings. The molecular formula is C12H20N4O3S2. The lowest BCUT2D eigenvalue weighted by molar-refractivity contribution is 0.182. The molecule has 1 fully saturated rings. The molecule has 0 unspecified atom stereocenters. The molecule has 1 aromatic heterocycles. The van der Waals surface area contributed by atoms with Gasteiger partial charge in [0.15, 0.2) is 0 Å². The molecule has 2 heterocycles. The molecule has 0 spiro atoms. The van der Waals surface area contributed by atoms with E-state index in [9.17, 15) is 13.2 Å². The van der Waals surface area contributed by atoms with Gasteiger partial charge in [-0.15, -0.1) is 11.3 Å². The number of rotatable bonds is 5. The highest BCUT2D eigenvalue weighted by Crippen LogP contribution is 2.29. The van der Waals surface area contributed by atoms with Crippen LogP contribution in [0.15, 0.2) is 11.6 Å². The monoisotopic (exact) mass is 332 g/mol. The average Bonchev–Trinajstić information content (AvgIpc) is 3.01. The maximum atomic E-state index is 12.0. The van der Waals surface area contributed by atoms with Gasteiger partial charge >= 0.3 is 6.03 Å². The van der Waals surface area contributed by atoms with Crippen LogP contribution in [-0.2, 0) is 10.0 Å². The van der Waals surface area contributed by atoms with Crippen molar-refractivity contribution in [1.82, 2.24) is 19.9 Å². The standard InChI is InChI=1S/C12H20N4O3S2/c1-13-21(18,19)9-5-15-12(17)16-6-2-10(3-7-16)11-14-4-8-20-11/h4,8,10,13H,2-3,5-7,9H2,1H3,(H,15,17). The van der Waals surface area contributed by atoms with E-state index in [4.69, 9.17) is 0 Å². The molecule has 0 radical (unpaired) electrons. The Morgan fingerprint density at radius 2 is 2.19 bits per heavy atom. The summed E-state index contributed by atoms with van der Waals surface area (Å²) in [7, 11) is -1.91. The largest absolute Gasteiger partial charge is 0.337 e. The molecule has 0 saturated carbocycles. The summed E-state index contributed by atoms with van der Waals surface area (Å²) in [5.74, 6) is 0.323. The molecule has 2 amide bonds. The molecule has 118 valence electrons. The van der Waals surface area contributed by atoms with Crippen LogP contribution in [0.4, 0.5) is 4.79 Å². The Morgan fingerprint density at radius 3 is 2.76 bits per heavy atom. The number of nitrogens with zero attached hydrogens (tertiary/aromatic N) is 2. The van der Waals surface area contributed by atoms with Gasteiger partial charge in [-0.1, -0.05) is 0 Å². The maximum absolute atomic E-state index is 12.0. The first-order valence-electron chi connectivity index (χ1n) is 6.85. The zero-order valence-electron chi connectivity index (χ0n) is 11.9. The fourth-order valence-electron chi connectivity index (χ4n) is 2.27. The molecule has 9 heteroatoms. The van der Waals surface area contributed by atoms with E-state index in [1.165, 1.54) is 7.05 Å². The first-order chi connectivity index (χ1) is 10.0. The maximum Gasteiger partial charge on any atom is 0.317 e. The molecule has 2 N–H and O–H groups in total. The van der Waals surface area contributed by atoms with Crippen molar-refractivity contribution in [2.45, 2.75) is 18.8 Å². The number of thiazole rings is 1. The van der Waals surface area contributed by atoms with Crippen LogP contribution in [0.25, 0.3) is 0 Å². The fourth-order valence-corrected chi connectivity index (χ4v) is 3.66. The molecule has 0 bridgehead atoms. The van der Waals surface area contributed by atoms with Crippen molar-refractivity contribution >= 4 is 27.4 Å². The number of piperidine rings is 1. The van der Waals surface area contributed by atoms with E-state index < -0.39 is 10.0 Å². The zero-order chi connectivity index (χ0) is 15.3. The Labute approximate surface area is 128 Å². The van der Waals surface area contributed by atoms with Crippen molar-refractivity contribution in [2.75, 3.05) is 32.4 Å². The van der Waals surface area contributed by atoms with Crippen molar-refractivity contribution in [1.29, 1.82) is 0 Å². The van der Waals surface area contributed by atoms with E-state index in [-0.39, 0.29) is 18.3 Å². The number of sulfonamides is 1. The summed E-state index contributed by atoms with van der Waals surface area (Å²) in [6, 6.07) is -0.195. The van der Waals surface area contributed by atoms with Gasteiger partial charge in [0.1, 0.15) is 0 Å². The second kappa shape index (κ2) is 7.19. The number of carbonyl (C=O) groups is 1. The first-order valence-corrected chi connectivity index (χ1v) is 9.38. The predicted molar refractivity (Wildman–Crippen MR) is 81.9 cm³/mol. The van der Waals surface area contributed by atoms with Gasteiger partial charge in [0.25, 0.3) is 0 Å². The third kappa shape index (κ3) is 4.65. The SMILES string of the molecule is CNS(=O)(=O)CCNC(=O)N1CCC(c2nccs2)CC1. The van der Waals surface area contributed by atoms with Crippen molar-refractivity contribution in [3.05, 3.63) is 16.6 Å². The Balaban J connectivity index is 1.73. The van der Waals surface area contributed by atoms with Crippen molar-refractivity contribution in [3.63, 3.8) is 0 Å². The van der Waals surface area contributed by atoms with Gasteiger partial charge in [0.2, 0.25) is 10.0 Å². The van der Waals surface area contributed by atoms with E-state index in [1.807, 2.05) is 5.38 Å².